The van der Waals surface area contributed by atoms with Crippen LogP contribution in [0, 0.1) is 0 Å². The molecule has 0 saturated heterocycles. The van der Waals surface area contributed by atoms with Crippen molar-refractivity contribution in [2.45, 2.75) is 56.5 Å². The first-order valence-corrected chi connectivity index (χ1v) is 9.75. The van der Waals surface area contributed by atoms with Crippen LogP contribution in [0.4, 0.5) is 0 Å². The van der Waals surface area contributed by atoms with Gasteiger partial charge in [0, 0.05) is 6.54 Å². The fourth-order valence-corrected chi connectivity index (χ4v) is 2.37. The lowest BCUT2D eigenvalue weighted by Crippen LogP contribution is -2.58. The van der Waals surface area contributed by atoms with Crippen molar-refractivity contribution in [2.75, 3.05) is 13.2 Å². The normalized spacial score (nSPS) is 15.2. The maximum atomic E-state index is 12.6. The van der Waals surface area contributed by atoms with E-state index in [0.29, 0.717) is 0 Å². The van der Waals surface area contributed by atoms with Gasteiger partial charge >= 0.3 is 11.9 Å². The van der Waals surface area contributed by atoms with Crippen LogP contribution in [0.1, 0.15) is 26.2 Å². The third kappa shape index (κ3) is 11.6. The minimum atomic E-state index is -1.67. The van der Waals surface area contributed by atoms with Crippen LogP contribution in [0.3, 0.4) is 0 Å². The first-order chi connectivity index (χ1) is 15.3. The SMILES string of the molecule is CC(O)C(N)C(=O)NC(CC(=O)O)C(=O)NC(CCCN=C(N)N)C(=O)NC(CO)C(=O)O. The van der Waals surface area contributed by atoms with E-state index in [1.807, 2.05) is 5.32 Å². The maximum absolute atomic E-state index is 12.6. The first-order valence-electron chi connectivity index (χ1n) is 9.75. The number of nitrogens with zero attached hydrogens (tertiary/aromatic N) is 1. The number of rotatable bonds is 15. The highest BCUT2D eigenvalue weighted by Crippen LogP contribution is 2.03. The van der Waals surface area contributed by atoms with E-state index >= 15 is 0 Å². The average Bonchev–Trinajstić information content (AvgIpc) is 2.71. The Labute approximate surface area is 188 Å². The fraction of sp³-hybridized carbons (Fsp3) is 0.647. The second-order valence-electron chi connectivity index (χ2n) is 7.02. The lowest BCUT2D eigenvalue weighted by molar-refractivity contribution is -0.144. The summed E-state index contributed by atoms with van der Waals surface area (Å²) < 4.78 is 0. The summed E-state index contributed by atoms with van der Waals surface area (Å²) in [5, 5.41) is 42.9. The van der Waals surface area contributed by atoms with Crippen molar-refractivity contribution in [3.8, 4) is 0 Å². The van der Waals surface area contributed by atoms with Gasteiger partial charge in [-0.1, -0.05) is 0 Å². The average molecular weight is 477 g/mol. The van der Waals surface area contributed by atoms with Crippen LogP contribution in [0.2, 0.25) is 0 Å². The van der Waals surface area contributed by atoms with Gasteiger partial charge in [-0.15, -0.1) is 0 Å². The molecule has 0 aromatic carbocycles. The Morgan fingerprint density at radius 2 is 1.42 bits per heavy atom. The molecule has 33 heavy (non-hydrogen) atoms. The molecule has 0 bridgehead atoms. The Balaban J connectivity index is 5.55. The van der Waals surface area contributed by atoms with Gasteiger partial charge in [-0.2, -0.15) is 0 Å². The van der Waals surface area contributed by atoms with Crippen LogP contribution in [-0.2, 0) is 24.0 Å². The molecular formula is C17H31N7O9. The highest BCUT2D eigenvalue weighted by atomic mass is 16.4. The molecule has 0 aromatic heterocycles. The molecule has 0 aliphatic heterocycles. The van der Waals surface area contributed by atoms with Gasteiger partial charge < -0.3 is 53.6 Å². The van der Waals surface area contributed by atoms with Crippen molar-refractivity contribution >= 4 is 35.6 Å². The first kappa shape index (κ1) is 29.5. The van der Waals surface area contributed by atoms with Crippen molar-refractivity contribution in [3.05, 3.63) is 0 Å². The Hall–Kier alpha value is -3.50. The monoisotopic (exact) mass is 477 g/mol. The summed E-state index contributed by atoms with van der Waals surface area (Å²) in [6.45, 7) is 0.348. The van der Waals surface area contributed by atoms with E-state index in [0.717, 1.165) is 0 Å². The number of aliphatic hydroxyl groups excluding tert-OH is 2. The number of hydrogen-bond acceptors (Lipinski definition) is 9. The zero-order chi connectivity index (χ0) is 25.7. The van der Waals surface area contributed by atoms with Gasteiger partial charge in [-0.25, -0.2) is 4.79 Å². The number of amides is 3. The summed E-state index contributed by atoms with van der Waals surface area (Å²) in [5.74, 6) is -6.28. The van der Waals surface area contributed by atoms with Gasteiger partial charge in [0.05, 0.1) is 19.1 Å². The molecule has 0 rings (SSSR count). The number of aliphatic imine (C=N–C) groups is 1. The number of carboxylic acid groups (broad SMARTS) is 2. The van der Waals surface area contributed by atoms with Crippen molar-refractivity contribution in [1.82, 2.24) is 16.0 Å². The number of aliphatic hydroxyl groups is 2. The van der Waals surface area contributed by atoms with E-state index in [1.165, 1.54) is 6.92 Å². The molecule has 0 fully saturated rings. The summed E-state index contributed by atoms with van der Waals surface area (Å²) in [6.07, 6.45) is -2.12. The van der Waals surface area contributed by atoms with Crippen LogP contribution in [0.5, 0.6) is 0 Å². The molecule has 0 saturated carbocycles. The molecule has 0 aromatic rings. The zero-order valence-electron chi connectivity index (χ0n) is 17.9. The van der Waals surface area contributed by atoms with E-state index in [9.17, 15) is 29.1 Å². The summed E-state index contributed by atoms with van der Waals surface area (Å²) in [4.78, 5) is 63.1. The number of carbonyl (C=O) groups is 5. The zero-order valence-corrected chi connectivity index (χ0v) is 17.9. The summed E-state index contributed by atoms with van der Waals surface area (Å²) in [7, 11) is 0. The number of carbonyl (C=O) groups excluding carboxylic acids is 3. The molecule has 13 N–H and O–H groups in total. The number of aliphatic carboxylic acids is 2. The van der Waals surface area contributed by atoms with Gasteiger partial charge in [-0.05, 0) is 19.8 Å². The molecule has 0 heterocycles. The molecule has 188 valence electrons. The van der Waals surface area contributed by atoms with Crippen LogP contribution in [-0.4, -0.2) is 99.5 Å². The summed E-state index contributed by atoms with van der Waals surface area (Å²) in [5.41, 5.74) is 15.9. The second kappa shape index (κ2) is 14.5. The molecule has 16 heteroatoms. The van der Waals surface area contributed by atoms with Gasteiger partial charge in [0.15, 0.2) is 5.96 Å². The minimum Gasteiger partial charge on any atom is -0.481 e. The molecule has 0 radical (unpaired) electrons. The number of guanidine groups is 1. The van der Waals surface area contributed by atoms with Crippen molar-refractivity contribution in [3.63, 3.8) is 0 Å². The third-order valence-electron chi connectivity index (χ3n) is 4.21. The number of nitrogens with one attached hydrogen (secondary N) is 3. The molecule has 0 aliphatic rings. The number of hydrogen-bond donors (Lipinski definition) is 10. The Morgan fingerprint density at radius 3 is 1.88 bits per heavy atom. The lowest BCUT2D eigenvalue weighted by atomic mass is 10.1. The molecular weight excluding hydrogens is 446 g/mol. The molecule has 3 amide bonds. The van der Waals surface area contributed by atoms with E-state index in [4.69, 9.17) is 32.5 Å². The quantitative estimate of drug-likeness (QED) is 0.0601. The highest BCUT2D eigenvalue weighted by molar-refractivity contribution is 5.95. The standard InChI is InChI=1S/C17H31N7O9/c1-7(26)12(18)15(31)23-9(5-11(27)28)14(30)22-8(3-2-4-21-17(19)20)13(29)24-10(6-25)16(32)33/h7-10,12,25-26H,2-6,18H2,1H3,(H,22,30)(H,23,31)(H,24,29)(H,27,28)(H,32,33)(H4,19,20,21). The predicted octanol–water partition coefficient (Wildman–Crippen LogP) is -5.25. The van der Waals surface area contributed by atoms with Crippen molar-refractivity contribution in [2.24, 2.45) is 22.2 Å². The topological polar surface area (TPSA) is 293 Å². The smallest absolute Gasteiger partial charge is 0.328 e. The van der Waals surface area contributed by atoms with Gasteiger partial charge in [0.2, 0.25) is 17.7 Å². The summed E-state index contributed by atoms with van der Waals surface area (Å²) >= 11 is 0. The van der Waals surface area contributed by atoms with Gasteiger partial charge in [0.1, 0.15) is 24.2 Å². The van der Waals surface area contributed by atoms with Crippen LogP contribution >= 0.6 is 0 Å². The van der Waals surface area contributed by atoms with E-state index in [1.54, 1.807) is 0 Å². The Kier molecular flexibility index (Phi) is 13.0. The van der Waals surface area contributed by atoms with Gasteiger partial charge in [0.25, 0.3) is 0 Å². The Morgan fingerprint density at radius 1 is 0.909 bits per heavy atom. The molecule has 0 spiro atoms. The van der Waals surface area contributed by atoms with Gasteiger partial charge in [-0.3, -0.25) is 24.2 Å². The second-order valence-corrected chi connectivity index (χ2v) is 7.02. The minimum absolute atomic E-state index is 0.0584. The van der Waals surface area contributed by atoms with Crippen LogP contribution in [0.15, 0.2) is 4.99 Å². The van der Waals surface area contributed by atoms with Crippen molar-refractivity contribution < 1.29 is 44.4 Å². The van der Waals surface area contributed by atoms with E-state index in [2.05, 4.69) is 15.6 Å². The predicted molar refractivity (Wildman–Crippen MR) is 112 cm³/mol. The Bertz CT molecular complexity index is 740. The van der Waals surface area contributed by atoms with E-state index < -0.39 is 73.0 Å². The van der Waals surface area contributed by atoms with Crippen LogP contribution < -0.4 is 33.2 Å². The van der Waals surface area contributed by atoms with Crippen LogP contribution in [0.25, 0.3) is 0 Å². The molecule has 0 aliphatic carbocycles. The van der Waals surface area contributed by atoms with Crippen molar-refractivity contribution in [1.29, 1.82) is 0 Å². The highest BCUT2D eigenvalue weighted by Gasteiger charge is 2.31. The lowest BCUT2D eigenvalue weighted by Gasteiger charge is -2.24. The summed E-state index contributed by atoms with van der Waals surface area (Å²) in [6, 6.07) is -6.17. The molecule has 16 nitrogen and oxygen atoms in total. The fourth-order valence-electron chi connectivity index (χ4n) is 2.37. The largest absolute Gasteiger partial charge is 0.481 e. The molecule has 5 unspecified atom stereocenters. The number of nitrogens with two attached hydrogens (primary N) is 3. The maximum Gasteiger partial charge on any atom is 0.328 e. The number of carboxylic acids is 2. The third-order valence-corrected chi connectivity index (χ3v) is 4.21. The molecule has 5 atom stereocenters. The van der Waals surface area contributed by atoms with E-state index in [-0.39, 0.29) is 25.3 Å².